The monoisotopic (exact) mass is 354 g/mol. The third-order valence-electron chi connectivity index (χ3n) is 3.16. The maximum absolute atomic E-state index is 4.75. The molecule has 0 N–H and O–H groups in total. The minimum absolute atomic E-state index is 0. The van der Waals surface area contributed by atoms with Crippen molar-refractivity contribution in [1.82, 2.24) is 14.9 Å². The van der Waals surface area contributed by atoms with E-state index in [4.69, 9.17) is 4.99 Å². The first-order valence-corrected chi connectivity index (χ1v) is 8.46. The van der Waals surface area contributed by atoms with Gasteiger partial charge in [-0.15, -0.1) is 17.0 Å². The van der Waals surface area contributed by atoms with E-state index >= 15 is 0 Å². The van der Waals surface area contributed by atoms with E-state index in [1.54, 1.807) is 10.8 Å². The number of hydrogen-bond donors (Lipinski definition) is 0. The molecule has 0 radical (unpaired) electrons. The normalized spacial score (nSPS) is 25.6. The van der Waals surface area contributed by atoms with E-state index in [0.29, 0.717) is 0 Å². The highest BCUT2D eigenvalue weighted by Gasteiger charge is 2.27. The minimum Gasteiger partial charge on any atom is -0.357 e. The molecule has 0 aliphatic carbocycles. The fourth-order valence-electron chi connectivity index (χ4n) is 2.07. The van der Waals surface area contributed by atoms with Crippen molar-refractivity contribution < 1.29 is 0 Å². The molecule has 18 heavy (non-hydrogen) atoms. The highest BCUT2D eigenvalue weighted by Crippen LogP contribution is 2.38. The molecule has 2 aliphatic heterocycles. The van der Waals surface area contributed by atoms with Gasteiger partial charge in [-0.1, -0.05) is 12.8 Å². The topological polar surface area (TPSA) is 22.1 Å². The average molecular weight is 355 g/mol. The summed E-state index contributed by atoms with van der Waals surface area (Å²) in [4.78, 5) is 6.84. The van der Waals surface area contributed by atoms with E-state index < -0.39 is 0 Å². The van der Waals surface area contributed by atoms with Gasteiger partial charge >= 0.3 is 0 Å². The van der Waals surface area contributed by atoms with E-state index in [0.717, 1.165) is 5.17 Å². The summed E-state index contributed by atoms with van der Waals surface area (Å²) in [6.45, 7) is 2.37. The van der Waals surface area contributed by atoms with E-state index in [9.17, 15) is 0 Å². The highest BCUT2D eigenvalue weighted by atomic mass is 79.9. The van der Waals surface area contributed by atoms with Gasteiger partial charge in [-0.2, -0.15) is 0 Å². The molecule has 106 valence electrons. The first-order valence-electron chi connectivity index (χ1n) is 6.24. The number of rotatable bonds is 2. The predicted octanol–water partition coefficient (Wildman–Crippen LogP) is 2.88. The van der Waals surface area contributed by atoms with Crippen molar-refractivity contribution in [2.45, 2.75) is 31.2 Å². The Hall–Kier alpha value is 0.570. The van der Waals surface area contributed by atoms with Crippen molar-refractivity contribution in [2.75, 3.05) is 34.2 Å². The molecule has 2 rings (SSSR count). The molecule has 1 fully saturated rings. The molecule has 1 unspecified atom stereocenters. The Balaban J connectivity index is 0.00000162. The molecule has 0 aromatic heterocycles. The van der Waals surface area contributed by atoms with Crippen molar-refractivity contribution in [3.8, 4) is 0 Å². The summed E-state index contributed by atoms with van der Waals surface area (Å²) in [5.41, 5.74) is 0.246. The summed E-state index contributed by atoms with van der Waals surface area (Å²) in [5.74, 6) is 0. The standard InChI is InChI=1S/C11H22N4S2.BrH/c1-13(2)10-12-11(17-16-10)14(3)15-8-6-4-5-7-9-15;/h11H,4-9H2,1-3H3;1H. The van der Waals surface area contributed by atoms with Gasteiger partial charge < -0.3 is 4.90 Å². The van der Waals surface area contributed by atoms with E-state index in [2.05, 4.69) is 36.1 Å². The molecule has 1 saturated heterocycles. The first-order chi connectivity index (χ1) is 8.18. The average Bonchev–Trinajstić information content (AvgIpc) is 2.65. The Morgan fingerprint density at radius 1 is 1.11 bits per heavy atom. The molecule has 0 saturated carbocycles. The summed E-state index contributed by atoms with van der Waals surface area (Å²) in [6.07, 6.45) is 5.39. The molecule has 1 atom stereocenters. The van der Waals surface area contributed by atoms with Crippen LogP contribution in [-0.2, 0) is 0 Å². The molecule has 7 heteroatoms. The smallest absolute Gasteiger partial charge is 0.174 e. The SMILES string of the molecule is Br.CN(C)C1=NC(N(C)N2CCCCCC2)SS1. The second-order valence-corrected chi connectivity index (χ2v) is 6.98. The van der Waals surface area contributed by atoms with Crippen LogP contribution in [0.2, 0.25) is 0 Å². The zero-order valence-corrected chi connectivity index (χ0v) is 14.7. The molecule has 2 aliphatic rings. The fraction of sp³-hybridized carbons (Fsp3) is 0.909. The largest absolute Gasteiger partial charge is 0.357 e. The van der Waals surface area contributed by atoms with Crippen LogP contribution in [0.25, 0.3) is 0 Å². The van der Waals surface area contributed by atoms with Crippen LogP contribution < -0.4 is 0 Å². The lowest BCUT2D eigenvalue weighted by atomic mass is 10.2. The second-order valence-electron chi connectivity index (χ2n) is 4.75. The van der Waals surface area contributed by atoms with Crippen molar-refractivity contribution in [1.29, 1.82) is 0 Å². The van der Waals surface area contributed by atoms with Crippen LogP contribution in [0.1, 0.15) is 25.7 Å². The minimum atomic E-state index is 0. The molecule has 2 heterocycles. The lowest BCUT2D eigenvalue weighted by Crippen LogP contribution is -2.44. The number of amidine groups is 1. The number of hydrogen-bond acceptors (Lipinski definition) is 6. The van der Waals surface area contributed by atoms with Crippen LogP contribution in [0.15, 0.2) is 4.99 Å². The van der Waals surface area contributed by atoms with Gasteiger partial charge in [0.05, 0.1) is 0 Å². The van der Waals surface area contributed by atoms with E-state index in [1.807, 2.05) is 10.8 Å². The predicted molar refractivity (Wildman–Crippen MR) is 88.2 cm³/mol. The zero-order valence-electron chi connectivity index (χ0n) is 11.3. The molecular weight excluding hydrogens is 332 g/mol. The Morgan fingerprint density at radius 3 is 2.22 bits per heavy atom. The Kier molecular flexibility index (Phi) is 7.38. The molecule has 0 aromatic rings. The number of halogens is 1. The van der Waals surface area contributed by atoms with Gasteiger partial charge in [0.2, 0.25) is 0 Å². The highest BCUT2D eigenvalue weighted by molar-refractivity contribution is 8.93. The van der Waals surface area contributed by atoms with Crippen molar-refractivity contribution >= 4 is 43.7 Å². The molecule has 4 nitrogen and oxygen atoms in total. The Labute approximate surface area is 129 Å². The van der Waals surface area contributed by atoms with Crippen LogP contribution in [0.3, 0.4) is 0 Å². The lowest BCUT2D eigenvalue weighted by Gasteiger charge is -2.32. The van der Waals surface area contributed by atoms with Gasteiger partial charge in [-0.3, -0.25) is 0 Å². The zero-order chi connectivity index (χ0) is 12.3. The number of nitrogens with zero attached hydrogens (tertiary/aromatic N) is 4. The molecule has 0 amide bonds. The summed E-state index contributed by atoms with van der Waals surface area (Å²) in [6, 6.07) is 0. The van der Waals surface area contributed by atoms with E-state index in [1.165, 1.54) is 38.8 Å². The summed E-state index contributed by atoms with van der Waals surface area (Å²) in [7, 11) is 9.91. The van der Waals surface area contributed by atoms with Crippen LogP contribution in [0, 0.1) is 0 Å². The van der Waals surface area contributed by atoms with Crippen LogP contribution in [0.5, 0.6) is 0 Å². The number of hydrazine groups is 1. The Bertz CT molecular complexity index is 280. The quantitative estimate of drug-likeness (QED) is 0.709. The van der Waals surface area contributed by atoms with Crippen LogP contribution >= 0.6 is 38.6 Å². The van der Waals surface area contributed by atoms with Gasteiger partial charge in [-0.25, -0.2) is 15.0 Å². The number of aliphatic imine (C=N–C) groups is 1. The van der Waals surface area contributed by atoms with Gasteiger partial charge in [0.1, 0.15) is 0 Å². The van der Waals surface area contributed by atoms with Crippen molar-refractivity contribution in [2.24, 2.45) is 4.99 Å². The van der Waals surface area contributed by atoms with Gasteiger partial charge in [-0.05, 0) is 34.4 Å². The maximum atomic E-state index is 4.75. The third kappa shape index (κ3) is 4.30. The fourth-order valence-corrected chi connectivity index (χ4v) is 4.60. The summed E-state index contributed by atoms with van der Waals surface area (Å²) in [5, 5.41) is 5.91. The molecular formula is C11H23BrN4S2. The summed E-state index contributed by atoms with van der Waals surface area (Å²) >= 11 is 0. The molecule has 0 aromatic carbocycles. The third-order valence-corrected chi connectivity index (χ3v) is 5.71. The van der Waals surface area contributed by atoms with Gasteiger partial charge in [0, 0.05) is 34.2 Å². The van der Waals surface area contributed by atoms with Crippen LogP contribution in [0.4, 0.5) is 0 Å². The lowest BCUT2D eigenvalue weighted by molar-refractivity contribution is -0.00463. The van der Waals surface area contributed by atoms with Gasteiger partial charge in [0.25, 0.3) is 0 Å². The maximum Gasteiger partial charge on any atom is 0.174 e. The molecule has 0 bridgehead atoms. The van der Waals surface area contributed by atoms with Crippen molar-refractivity contribution in [3.63, 3.8) is 0 Å². The Morgan fingerprint density at radius 2 is 1.72 bits per heavy atom. The van der Waals surface area contributed by atoms with Crippen molar-refractivity contribution in [3.05, 3.63) is 0 Å². The first kappa shape index (κ1) is 16.6. The molecule has 0 spiro atoms. The van der Waals surface area contributed by atoms with Gasteiger partial charge in [0.15, 0.2) is 10.7 Å². The van der Waals surface area contributed by atoms with E-state index in [-0.39, 0.29) is 22.5 Å². The second kappa shape index (κ2) is 7.99. The summed E-state index contributed by atoms with van der Waals surface area (Å²) < 4.78 is 0. The van der Waals surface area contributed by atoms with Crippen LogP contribution in [-0.4, -0.2) is 59.8 Å².